The second-order valence-electron chi connectivity index (χ2n) is 7.03. The molecule has 0 radical (unpaired) electrons. The molecule has 0 spiro atoms. The molecule has 0 fully saturated rings. The van der Waals surface area contributed by atoms with Crippen LogP contribution < -0.4 is 10.5 Å². The maximum absolute atomic E-state index is 13.1. The first-order chi connectivity index (χ1) is 14.7. The molecule has 152 valence electrons. The zero-order valence-electron chi connectivity index (χ0n) is 16.1. The van der Waals surface area contributed by atoms with Crippen LogP contribution in [0.2, 0.25) is 0 Å². The number of amides is 1. The predicted octanol–water partition coefficient (Wildman–Crippen LogP) is 4.44. The molecule has 30 heavy (non-hydrogen) atoms. The number of benzene rings is 1. The molecular weight excluding hydrogens is 434 g/mol. The summed E-state index contributed by atoms with van der Waals surface area (Å²) >= 11 is 4.46. The molecule has 1 amide bonds. The van der Waals surface area contributed by atoms with Gasteiger partial charge in [-0.1, -0.05) is 36.0 Å². The topological polar surface area (TPSA) is 55.2 Å². The standard InChI is InChI=1S/C22H19N3O2S3/c26-19(24-10-7-15-4-1-2-6-18(15)24)14-30-22-23-17-9-13-29-20(17)21(27)25(22)11-8-16-5-3-12-28-16/h1-6,9,12-13H,7-8,10-11,14H2. The summed E-state index contributed by atoms with van der Waals surface area (Å²) in [6.45, 7) is 1.27. The third-order valence-corrected chi connectivity index (χ3v) is 7.99. The Labute approximate surface area is 186 Å². The van der Waals surface area contributed by atoms with Crippen molar-refractivity contribution in [2.24, 2.45) is 0 Å². The second-order valence-corrected chi connectivity index (χ2v) is 9.92. The van der Waals surface area contributed by atoms with Crippen LogP contribution in [0.15, 0.2) is 63.2 Å². The van der Waals surface area contributed by atoms with E-state index in [4.69, 9.17) is 4.98 Å². The number of aromatic nitrogens is 2. The van der Waals surface area contributed by atoms with Crippen molar-refractivity contribution in [3.63, 3.8) is 0 Å². The lowest BCUT2D eigenvalue weighted by Gasteiger charge is -2.17. The van der Waals surface area contributed by atoms with Gasteiger partial charge >= 0.3 is 0 Å². The highest BCUT2D eigenvalue weighted by Gasteiger charge is 2.24. The molecule has 0 saturated carbocycles. The molecule has 8 heteroatoms. The first kappa shape index (κ1) is 19.5. The number of fused-ring (bicyclic) bond motifs is 2. The molecule has 5 rings (SSSR count). The summed E-state index contributed by atoms with van der Waals surface area (Å²) in [4.78, 5) is 33.8. The summed E-state index contributed by atoms with van der Waals surface area (Å²) in [7, 11) is 0. The Morgan fingerprint density at radius 1 is 1.10 bits per heavy atom. The fraction of sp³-hybridized carbons (Fsp3) is 0.227. The Morgan fingerprint density at radius 2 is 2.00 bits per heavy atom. The Bertz CT molecular complexity index is 1260. The number of anilines is 1. The number of rotatable bonds is 6. The number of hydrogen-bond donors (Lipinski definition) is 0. The number of aryl methyl sites for hydroxylation is 1. The van der Waals surface area contributed by atoms with Gasteiger partial charge in [0.15, 0.2) is 5.16 Å². The van der Waals surface area contributed by atoms with Crippen molar-refractivity contribution in [3.05, 3.63) is 74.0 Å². The zero-order valence-corrected chi connectivity index (χ0v) is 18.6. The molecule has 3 aromatic heterocycles. The Morgan fingerprint density at radius 3 is 2.87 bits per heavy atom. The predicted molar refractivity (Wildman–Crippen MR) is 125 cm³/mol. The van der Waals surface area contributed by atoms with Gasteiger partial charge < -0.3 is 4.90 Å². The van der Waals surface area contributed by atoms with Crippen LogP contribution in [0, 0.1) is 0 Å². The van der Waals surface area contributed by atoms with Crippen LogP contribution in [-0.4, -0.2) is 27.8 Å². The zero-order chi connectivity index (χ0) is 20.5. The van der Waals surface area contributed by atoms with Crippen LogP contribution in [0.25, 0.3) is 10.2 Å². The van der Waals surface area contributed by atoms with Gasteiger partial charge in [-0.3, -0.25) is 14.2 Å². The molecule has 1 aromatic carbocycles. The number of para-hydroxylation sites is 1. The van der Waals surface area contributed by atoms with Crippen LogP contribution in [0.5, 0.6) is 0 Å². The summed E-state index contributed by atoms with van der Waals surface area (Å²) < 4.78 is 2.40. The van der Waals surface area contributed by atoms with Gasteiger partial charge in [-0.05, 0) is 47.4 Å². The van der Waals surface area contributed by atoms with E-state index < -0.39 is 0 Å². The summed E-state index contributed by atoms with van der Waals surface area (Å²) in [5.74, 6) is 0.310. The molecule has 0 aliphatic carbocycles. The minimum Gasteiger partial charge on any atom is -0.311 e. The van der Waals surface area contributed by atoms with E-state index in [1.165, 1.54) is 33.5 Å². The monoisotopic (exact) mass is 453 g/mol. The van der Waals surface area contributed by atoms with Gasteiger partial charge in [0.05, 0.1) is 11.3 Å². The van der Waals surface area contributed by atoms with E-state index in [1.807, 2.05) is 46.0 Å². The number of hydrogen-bond acceptors (Lipinski definition) is 6. The molecule has 0 saturated heterocycles. The van der Waals surface area contributed by atoms with E-state index in [9.17, 15) is 9.59 Å². The number of thiophene rings is 2. The molecule has 1 aliphatic rings. The van der Waals surface area contributed by atoms with Crippen molar-refractivity contribution in [3.8, 4) is 0 Å². The molecule has 0 atom stereocenters. The lowest BCUT2D eigenvalue weighted by Crippen LogP contribution is -2.31. The van der Waals surface area contributed by atoms with Crippen LogP contribution in [-0.2, 0) is 24.2 Å². The van der Waals surface area contributed by atoms with Gasteiger partial charge in [0.25, 0.3) is 5.56 Å². The maximum Gasteiger partial charge on any atom is 0.272 e. The average molecular weight is 454 g/mol. The van der Waals surface area contributed by atoms with Crippen molar-refractivity contribution in [1.82, 2.24) is 9.55 Å². The summed E-state index contributed by atoms with van der Waals surface area (Å²) in [5.41, 5.74) is 2.90. The largest absolute Gasteiger partial charge is 0.311 e. The van der Waals surface area contributed by atoms with Gasteiger partial charge in [-0.15, -0.1) is 22.7 Å². The quantitative estimate of drug-likeness (QED) is 0.320. The molecule has 4 aromatic rings. The second kappa shape index (κ2) is 8.37. The summed E-state index contributed by atoms with van der Waals surface area (Å²) in [6.07, 6.45) is 1.66. The minimum atomic E-state index is -0.0203. The Kier molecular flexibility index (Phi) is 5.45. The van der Waals surface area contributed by atoms with Crippen LogP contribution in [0.3, 0.4) is 0 Å². The van der Waals surface area contributed by atoms with E-state index in [1.54, 1.807) is 15.9 Å². The SMILES string of the molecule is O=C(CSc1nc2ccsc2c(=O)n1CCc1cccs1)N1CCc2ccccc21. The molecule has 0 unspecified atom stereocenters. The van der Waals surface area contributed by atoms with Crippen LogP contribution in [0.1, 0.15) is 10.4 Å². The first-order valence-corrected chi connectivity index (χ1v) is 12.5. The molecule has 0 bridgehead atoms. The third kappa shape index (κ3) is 3.71. The lowest BCUT2D eigenvalue weighted by atomic mass is 10.2. The summed E-state index contributed by atoms with van der Waals surface area (Å²) in [5, 5.41) is 4.55. The lowest BCUT2D eigenvalue weighted by molar-refractivity contribution is -0.116. The van der Waals surface area contributed by atoms with E-state index in [0.29, 0.717) is 28.5 Å². The first-order valence-electron chi connectivity index (χ1n) is 9.72. The average Bonchev–Trinajstić information content (AvgIpc) is 3.51. The van der Waals surface area contributed by atoms with E-state index in [-0.39, 0.29) is 17.2 Å². The van der Waals surface area contributed by atoms with E-state index >= 15 is 0 Å². The van der Waals surface area contributed by atoms with Crippen molar-refractivity contribution in [2.75, 3.05) is 17.2 Å². The normalized spacial score (nSPS) is 13.1. The van der Waals surface area contributed by atoms with E-state index in [0.717, 1.165) is 18.5 Å². The highest BCUT2D eigenvalue weighted by molar-refractivity contribution is 7.99. The molecular formula is C22H19N3O2S3. The van der Waals surface area contributed by atoms with Crippen molar-refractivity contribution < 1.29 is 4.79 Å². The Balaban J connectivity index is 1.38. The van der Waals surface area contributed by atoms with Crippen molar-refractivity contribution in [1.29, 1.82) is 0 Å². The smallest absolute Gasteiger partial charge is 0.272 e. The van der Waals surface area contributed by atoms with Gasteiger partial charge in [-0.2, -0.15) is 0 Å². The number of nitrogens with zero attached hydrogens (tertiary/aromatic N) is 3. The van der Waals surface area contributed by atoms with Crippen molar-refractivity contribution >= 4 is 56.2 Å². The van der Waals surface area contributed by atoms with Gasteiger partial charge in [-0.25, -0.2) is 4.98 Å². The molecule has 4 heterocycles. The number of carbonyl (C=O) groups is 1. The van der Waals surface area contributed by atoms with Gasteiger partial charge in [0.2, 0.25) is 5.91 Å². The van der Waals surface area contributed by atoms with Gasteiger partial charge in [0, 0.05) is 23.7 Å². The fourth-order valence-corrected chi connectivity index (χ4v) is 6.09. The van der Waals surface area contributed by atoms with Crippen LogP contribution in [0.4, 0.5) is 5.69 Å². The molecule has 1 aliphatic heterocycles. The highest BCUT2D eigenvalue weighted by Crippen LogP contribution is 2.29. The van der Waals surface area contributed by atoms with Crippen molar-refractivity contribution in [2.45, 2.75) is 24.5 Å². The van der Waals surface area contributed by atoms with Crippen LogP contribution >= 0.6 is 34.4 Å². The molecule has 0 N–H and O–H groups in total. The minimum absolute atomic E-state index is 0.0203. The number of thioether (sulfide) groups is 1. The van der Waals surface area contributed by atoms with Gasteiger partial charge in [0.1, 0.15) is 4.70 Å². The maximum atomic E-state index is 13.1. The van der Waals surface area contributed by atoms with E-state index in [2.05, 4.69) is 12.1 Å². The Hall–Kier alpha value is -2.42. The highest BCUT2D eigenvalue weighted by atomic mass is 32.2. The molecule has 5 nitrogen and oxygen atoms in total. The fourth-order valence-electron chi connectivity index (χ4n) is 3.71. The number of carbonyl (C=O) groups excluding carboxylic acids is 1. The summed E-state index contributed by atoms with van der Waals surface area (Å²) in [6, 6.07) is 14.0. The third-order valence-electron chi connectivity index (χ3n) is 5.21.